The third-order valence-electron chi connectivity index (χ3n) is 13.5. The van der Waals surface area contributed by atoms with Crippen LogP contribution in [0.3, 0.4) is 0 Å². The van der Waals surface area contributed by atoms with Crippen molar-refractivity contribution in [1.82, 2.24) is 9.80 Å². The first-order valence-corrected chi connectivity index (χ1v) is 17.4. The van der Waals surface area contributed by atoms with Gasteiger partial charge in [0.1, 0.15) is 0 Å². The molecule has 6 rings (SSSR count). The summed E-state index contributed by atoms with van der Waals surface area (Å²) in [6.45, 7) is 11.3. The van der Waals surface area contributed by atoms with E-state index in [0.717, 1.165) is 84.1 Å². The molecule has 4 saturated carbocycles. The largest absolute Gasteiger partial charge is 0.393 e. The van der Waals surface area contributed by atoms with E-state index in [4.69, 9.17) is 0 Å². The molecule has 0 aromatic heterocycles. The number of fused-ring (bicyclic) bond motifs is 5. The summed E-state index contributed by atoms with van der Waals surface area (Å²) in [5.74, 6) is 2.25. The number of hydrogen-bond acceptors (Lipinski definition) is 5. The zero-order valence-corrected chi connectivity index (χ0v) is 26.8. The Bertz CT molecular complexity index is 1130. The van der Waals surface area contributed by atoms with E-state index in [2.05, 4.69) is 67.0 Å². The van der Waals surface area contributed by atoms with Crippen LogP contribution in [0.5, 0.6) is 0 Å². The Balaban J connectivity index is 1.02. The van der Waals surface area contributed by atoms with Crippen LogP contribution in [0.15, 0.2) is 36.4 Å². The van der Waals surface area contributed by atoms with Crippen LogP contribution < -0.4 is 0 Å². The minimum Gasteiger partial charge on any atom is -0.393 e. The molecule has 4 aliphatic carbocycles. The fraction of sp³-hybridized carbons (Fsp3) is 0.757. The molecule has 0 radical (unpaired) electrons. The molecule has 43 heavy (non-hydrogen) atoms. The molecule has 6 heteroatoms. The first-order valence-electron chi connectivity index (χ1n) is 17.4. The number of rotatable bonds is 7. The number of amides is 1. The number of piperazine rings is 1. The van der Waals surface area contributed by atoms with Gasteiger partial charge in [0.25, 0.3) is 0 Å². The summed E-state index contributed by atoms with van der Waals surface area (Å²) in [5.41, 5.74) is 1.11. The standard InChI is InChI=1S/C37H56N2O4/c1-25(11-14-34(43)39-20-18-38(19-21-39)17-7-10-26-8-5-4-6-9-26)29-12-13-30-35-31(24-33(42)37(29,30)3)36(2)16-15-28(40)22-27(36)23-32(35)41/h4-10,25,27-33,35,40-42H,11-24H2,1-3H3/b10-7+/t25-,27+,28-,29-,30+,31+,32-,33+,35+,36+,37-/m1/s1. The van der Waals surface area contributed by atoms with E-state index in [1.807, 2.05) is 6.07 Å². The highest BCUT2D eigenvalue weighted by atomic mass is 16.3. The summed E-state index contributed by atoms with van der Waals surface area (Å²) in [6, 6.07) is 10.4. The Kier molecular flexibility index (Phi) is 9.14. The van der Waals surface area contributed by atoms with Crippen molar-refractivity contribution in [3.05, 3.63) is 42.0 Å². The first-order chi connectivity index (χ1) is 20.6. The molecule has 1 aromatic carbocycles. The molecule has 3 N–H and O–H groups in total. The predicted molar refractivity (Wildman–Crippen MR) is 171 cm³/mol. The predicted octanol–water partition coefficient (Wildman–Crippen LogP) is 5.22. The summed E-state index contributed by atoms with van der Waals surface area (Å²) in [6.07, 6.45) is 11.2. The number of nitrogens with zero attached hydrogens (tertiary/aromatic N) is 2. The van der Waals surface area contributed by atoms with Gasteiger partial charge in [0.2, 0.25) is 5.91 Å². The molecule has 0 bridgehead atoms. The molecule has 0 spiro atoms. The summed E-state index contributed by atoms with van der Waals surface area (Å²) >= 11 is 0. The second-order valence-electron chi connectivity index (χ2n) is 15.5. The van der Waals surface area contributed by atoms with E-state index in [-0.39, 0.29) is 41.0 Å². The van der Waals surface area contributed by atoms with Gasteiger partial charge in [0, 0.05) is 39.1 Å². The van der Waals surface area contributed by atoms with Crippen LogP contribution in [0, 0.1) is 46.3 Å². The van der Waals surface area contributed by atoms with Gasteiger partial charge in [0.15, 0.2) is 0 Å². The van der Waals surface area contributed by atoms with E-state index in [9.17, 15) is 20.1 Å². The number of aliphatic hydroxyl groups excluding tert-OH is 3. The summed E-state index contributed by atoms with van der Waals surface area (Å²) in [7, 11) is 0. The first kappa shape index (κ1) is 31.3. The SMILES string of the molecule is C[C@H](CCC(=O)N1CCN(C/C=C/c2ccccc2)CC1)[C@H]1CC[C@H]2[C@@H]3[C@H](O)C[C@@H]4C[C@H](O)CC[C@]4(C)[C@H]3C[C@H](O)[C@]12C. The second kappa shape index (κ2) is 12.6. The second-order valence-corrected chi connectivity index (χ2v) is 15.5. The summed E-state index contributed by atoms with van der Waals surface area (Å²) in [5, 5.41) is 33.8. The maximum atomic E-state index is 13.3. The molecule has 5 aliphatic rings. The monoisotopic (exact) mass is 592 g/mol. The zero-order chi connectivity index (χ0) is 30.4. The third-order valence-corrected chi connectivity index (χ3v) is 13.5. The van der Waals surface area contributed by atoms with Crippen LogP contribution in [0.1, 0.15) is 84.1 Å². The molecule has 6 nitrogen and oxygen atoms in total. The van der Waals surface area contributed by atoms with Gasteiger partial charge < -0.3 is 20.2 Å². The van der Waals surface area contributed by atoms with Crippen molar-refractivity contribution in [1.29, 1.82) is 0 Å². The Morgan fingerprint density at radius 2 is 1.72 bits per heavy atom. The number of aliphatic hydroxyl groups is 3. The van der Waals surface area contributed by atoms with E-state index in [1.54, 1.807) is 0 Å². The maximum Gasteiger partial charge on any atom is 0.222 e. The van der Waals surface area contributed by atoms with Gasteiger partial charge in [-0.2, -0.15) is 0 Å². The molecule has 1 heterocycles. The van der Waals surface area contributed by atoms with Crippen molar-refractivity contribution >= 4 is 12.0 Å². The van der Waals surface area contributed by atoms with Gasteiger partial charge in [0.05, 0.1) is 18.3 Å². The van der Waals surface area contributed by atoms with E-state index in [1.165, 1.54) is 5.56 Å². The number of carbonyl (C=O) groups is 1. The number of benzene rings is 1. The average molecular weight is 593 g/mol. The molecule has 11 atom stereocenters. The van der Waals surface area contributed by atoms with Crippen molar-refractivity contribution in [2.24, 2.45) is 46.3 Å². The minimum absolute atomic E-state index is 0.101. The minimum atomic E-state index is -0.372. The van der Waals surface area contributed by atoms with E-state index < -0.39 is 0 Å². The van der Waals surface area contributed by atoms with Crippen LogP contribution in [-0.2, 0) is 4.79 Å². The molecule has 238 valence electrons. The fourth-order valence-electron chi connectivity index (χ4n) is 10.9. The molecule has 0 unspecified atom stereocenters. The average Bonchev–Trinajstić information content (AvgIpc) is 3.36. The number of carbonyl (C=O) groups excluding carboxylic acids is 1. The molecule has 1 aliphatic heterocycles. The van der Waals surface area contributed by atoms with E-state index >= 15 is 0 Å². The maximum absolute atomic E-state index is 13.3. The van der Waals surface area contributed by atoms with Gasteiger partial charge in [-0.1, -0.05) is 63.3 Å². The van der Waals surface area contributed by atoms with Crippen LogP contribution in [-0.4, -0.2) is 82.1 Å². The normalized spacial score (nSPS) is 42.3. The smallest absolute Gasteiger partial charge is 0.222 e. The lowest BCUT2D eigenvalue weighted by molar-refractivity contribution is -0.207. The molecule has 5 fully saturated rings. The lowest BCUT2D eigenvalue weighted by Gasteiger charge is -2.63. The van der Waals surface area contributed by atoms with Gasteiger partial charge in [-0.25, -0.2) is 0 Å². The number of hydrogen-bond donors (Lipinski definition) is 3. The van der Waals surface area contributed by atoms with Gasteiger partial charge in [-0.05, 0) is 103 Å². The van der Waals surface area contributed by atoms with Gasteiger partial charge in [-0.15, -0.1) is 0 Å². The van der Waals surface area contributed by atoms with Crippen molar-refractivity contribution in [2.75, 3.05) is 32.7 Å². The van der Waals surface area contributed by atoms with Crippen molar-refractivity contribution in [3.8, 4) is 0 Å². The summed E-state index contributed by atoms with van der Waals surface area (Å²) in [4.78, 5) is 17.7. The molecule has 1 amide bonds. The summed E-state index contributed by atoms with van der Waals surface area (Å²) < 4.78 is 0. The topological polar surface area (TPSA) is 84.2 Å². The lowest BCUT2D eigenvalue weighted by Crippen LogP contribution is -2.62. The van der Waals surface area contributed by atoms with Crippen molar-refractivity contribution < 1.29 is 20.1 Å². The van der Waals surface area contributed by atoms with Crippen LogP contribution in [0.25, 0.3) is 6.08 Å². The Labute approximate surface area is 259 Å². The van der Waals surface area contributed by atoms with Crippen molar-refractivity contribution in [3.63, 3.8) is 0 Å². The molecule has 1 aromatic rings. The third kappa shape index (κ3) is 5.87. The quantitative estimate of drug-likeness (QED) is 0.404. The zero-order valence-electron chi connectivity index (χ0n) is 26.8. The molecule has 1 saturated heterocycles. The Morgan fingerprint density at radius 3 is 2.47 bits per heavy atom. The Morgan fingerprint density at radius 1 is 0.977 bits per heavy atom. The highest BCUT2D eigenvalue weighted by molar-refractivity contribution is 5.76. The van der Waals surface area contributed by atoms with Crippen molar-refractivity contribution in [2.45, 2.75) is 96.9 Å². The van der Waals surface area contributed by atoms with E-state index in [0.29, 0.717) is 36.0 Å². The van der Waals surface area contributed by atoms with Crippen LogP contribution in [0.2, 0.25) is 0 Å². The van der Waals surface area contributed by atoms with Crippen LogP contribution >= 0.6 is 0 Å². The van der Waals surface area contributed by atoms with Crippen LogP contribution in [0.4, 0.5) is 0 Å². The van der Waals surface area contributed by atoms with Gasteiger partial charge in [-0.3, -0.25) is 9.69 Å². The molecular formula is C37H56N2O4. The lowest BCUT2D eigenvalue weighted by atomic mass is 9.43. The Hall–Kier alpha value is -1.73. The molecular weight excluding hydrogens is 536 g/mol. The highest BCUT2D eigenvalue weighted by Crippen LogP contribution is 2.68. The van der Waals surface area contributed by atoms with Gasteiger partial charge >= 0.3 is 0 Å². The highest BCUT2D eigenvalue weighted by Gasteiger charge is 2.65. The fourth-order valence-corrected chi connectivity index (χ4v) is 10.9.